The van der Waals surface area contributed by atoms with Gasteiger partial charge in [0.2, 0.25) is 0 Å². The molecule has 0 spiro atoms. The van der Waals surface area contributed by atoms with E-state index >= 15 is 0 Å². The van der Waals surface area contributed by atoms with Crippen LogP contribution in [0.25, 0.3) is 0 Å². The van der Waals surface area contributed by atoms with E-state index < -0.39 is 0 Å². The average Bonchev–Trinajstić information content (AvgIpc) is 2.27. The molecule has 4 heteroatoms. The number of benzene rings is 1. The molecule has 0 amide bonds. The molecule has 1 N–H and O–H groups in total. The monoisotopic (exact) mass is 241 g/mol. The average molecular weight is 242 g/mol. The quantitative estimate of drug-likeness (QED) is 0.830. The van der Waals surface area contributed by atoms with Crippen molar-refractivity contribution in [1.82, 2.24) is 5.32 Å². The van der Waals surface area contributed by atoms with Crippen molar-refractivity contribution in [2.24, 2.45) is 0 Å². The van der Waals surface area contributed by atoms with Crippen molar-refractivity contribution in [3.63, 3.8) is 0 Å². The van der Waals surface area contributed by atoms with Gasteiger partial charge >= 0.3 is 0 Å². The molecule has 16 heavy (non-hydrogen) atoms. The zero-order valence-corrected chi connectivity index (χ0v) is 10.3. The van der Waals surface area contributed by atoms with Gasteiger partial charge in [-0.3, -0.25) is 0 Å². The van der Waals surface area contributed by atoms with Gasteiger partial charge < -0.3 is 14.8 Å². The highest BCUT2D eigenvalue weighted by atomic mass is 35.5. The summed E-state index contributed by atoms with van der Waals surface area (Å²) in [4.78, 5) is 0. The van der Waals surface area contributed by atoms with Crippen molar-refractivity contribution < 1.29 is 9.47 Å². The highest BCUT2D eigenvalue weighted by molar-refractivity contribution is 6.29. The van der Waals surface area contributed by atoms with Crippen LogP contribution in [0.2, 0.25) is 0 Å². The standard InChI is InChI=1S/C12H16ClNO2/c1-9(13)8-16-11-5-4-10(7-14-2)6-12(11)15-3/h4-6,14H,1,7-8H2,2-3H3. The number of nitrogens with one attached hydrogen (secondary N) is 1. The van der Waals surface area contributed by atoms with Gasteiger partial charge in [0.1, 0.15) is 6.61 Å². The van der Waals surface area contributed by atoms with Gasteiger partial charge in [0.05, 0.1) is 7.11 Å². The molecule has 0 radical (unpaired) electrons. The second kappa shape index (κ2) is 6.40. The number of rotatable bonds is 6. The van der Waals surface area contributed by atoms with E-state index in [0.29, 0.717) is 16.5 Å². The molecule has 0 aliphatic heterocycles. The molecule has 1 rings (SSSR count). The zero-order valence-electron chi connectivity index (χ0n) is 9.55. The van der Waals surface area contributed by atoms with Crippen LogP contribution in [0.1, 0.15) is 5.56 Å². The molecule has 1 aromatic rings. The van der Waals surface area contributed by atoms with E-state index in [4.69, 9.17) is 21.1 Å². The smallest absolute Gasteiger partial charge is 0.161 e. The minimum absolute atomic E-state index is 0.281. The maximum atomic E-state index is 5.63. The van der Waals surface area contributed by atoms with Crippen LogP contribution in [0.15, 0.2) is 29.8 Å². The molecule has 0 aromatic heterocycles. The molecule has 0 fully saturated rings. The summed E-state index contributed by atoms with van der Waals surface area (Å²) in [5, 5.41) is 3.53. The van der Waals surface area contributed by atoms with Crippen LogP contribution in [0.3, 0.4) is 0 Å². The molecule has 0 unspecified atom stereocenters. The van der Waals surface area contributed by atoms with E-state index in [1.165, 1.54) is 0 Å². The Balaban J connectivity index is 2.80. The molecule has 3 nitrogen and oxygen atoms in total. The minimum Gasteiger partial charge on any atom is -0.493 e. The predicted molar refractivity (Wildman–Crippen MR) is 66.2 cm³/mol. The number of hydrogen-bond donors (Lipinski definition) is 1. The molecule has 0 heterocycles. The predicted octanol–water partition coefficient (Wildman–Crippen LogP) is 2.55. The van der Waals surface area contributed by atoms with Crippen LogP contribution in [0.5, 0.6) is 11.5 Å². The Hall–Kier alpha value is -1.19. The summed E-state index contributed by atoms with van der Waals surface area (Å²) in [6.45, 7) is 4.63. The Kier molecular flexibility index (Phi) is 5.15. The Morgan fingerprint density at radius 3 is 2.75 bits per heavy atom. The van der Waals surface area contributed by atoms with Crippen LogP contribution in [-0.2, 0) is 6.54 Å². The lowest BCUT2D eigenvalue weighted by molar-refractivity contribution is 0.324. The first-order valence-electron chi connectivity index (χ1n) is 4.95. The summed E-state index contributed by atoms with van der Waals surface area (Å²) in [6, 6.07) is 5.78. The van der Waals surface area contributed by atoms with Gasteiger partial charge in [-0.15, -0.1) is 0 Å². The molecule has 0 saturated carbocycles. The lowest BCUT2D eigenvalue weighted by Gasteiger charge is -2.11. The first-order valence-corrected chi connectivity index (χ1v) is 5.32. The number of hydrogen-bond acceptors (Lipinski definition) is 3. The Morgan fingerprint density at radius 1 is 1.44 bits per heavy atom. The lowest BCUT2D eigenvalue weighted by atomic mass is 10.2. The molecule has 0 aliphatic carbocycles. The van der Waals surface area contributed by atoms with Gasteiger partial charge in [-0.2, -0.15) is 0 Å². The van der Waals surface area contributed by atoms with Gasteiger partial charge in [-0.1, -0.05) is 24.2 Å². The van der Waals surface area contributed by atoms with Crippen molar-refractivity contribution in [3.05, 3.63) is 35.4 Å². The van der Waals surface area contributed by atoms with E-state index in [1.54, 1.807) is 7.11 Å². The fraction of sp³-hybridized carbons (Fsp3) is 0.333. The Morgan fingerprint density at radius 2 is 2.19 bits per heavy atom. The topological polar surface area (TPSA) is 30.5 Å². The summed E-state index contributed by atoms with van der Waals surface area (Å²) >= 11 is 5.63. The van der Waals surface area contributed by atoms with Crippen molar-refractivity contribution in [2.75, 3.05) is 20.8 Å². The molecule has 0 atom stereocenters. The molecule has 0 saturated heterocycles. The van der Waals surface area contributed by atoms with Crippen LogP contribution in [0, 0.1) is 0 Å². The second-order valence-electron chi connectivity index (χ2n) is 3.32. The molecule has 0 aliphatic rings. The second-order valence-corrected chi connectivity index (χ2v) is 3.86. The van der Waals surface area contributed by atoms with Gasteiger partial charge in [0, 0.05) is 11.6 Å². The van der Waals surface area contributed by atoms with Crippen LogP contribution in [0.4, 0.5) is 0 Å². The highest BCUT2D eigenvalue weighted by Crippen LogP contribution is 2.28. The Labute approximate surface area is 101 Å². The lowest BCUT2D eigenvalue weighted by Crippen LogP contribution is -2.05. The first-order chi connectivity index (χ1) is 7.67. The third kappa shape index (κ3) is 3.76. The molecular formula is C12H16ClNO2. The van der Waals surface area contributed by atoms with Crippen LogP contribution >= 0.6 is 11.6 Å². The summed E-state index contributed by atoms with van der Waals surface area (Å²) in [6.07, 6.45) is 0. The van der Waals surface area contributed by atoms with E-state index in [-0.39, 0.29) is 6.61 Å². The van der Waals surface area contributed by atoms with E-state index in [2.05, 4.69) is 11.9 Å². The summed E-state index contributed by atoms with van der Waals surface area (Å²) in [7, 11) is 3.51. The maximum Gasteiger partial charge on any atom is 0.161 e. The fourth-order valence-corrected chi connectivity index (χ4v) is 1.36. The zero-order chi connectivity index (χ0) is 12.0. The van der Waals surface area contributed by atoms with Gasteiger partial charge in [-0.25, -0.2) is 0 Å². The molecule has 88 valence electrons. The third-order valence-corrected chi connectivity index (χ3v) is 2.10. The number of methoxy groups -OCH3 is 1. The third-order valence-electron chi connectivity index (χ3n) is 1.99. The van der Waals surface area contributed by atoms with Crippen molar-refractivity contribution in [2.45, 2.75) is 6.54 Å². The molecular weight excluding hydrogens is 226 g/mol. The Bertz CT molecular complexity index is 366. The van der Waals surface area contributed by atoms with Gasteiger partial charge in [0.15, 0.2) is 11.5 Å². The normalized spacial score (nSPS) is 9.94. The summed E-state index contributed by atoms with van der Waals surface area (Å²) < 4.78 is 10.7. The van der Waals surface area contributed by atoms with Gasteiger partial charge in [-0.05, 0) is 24.7 Å². The highest BCUT2D eigenvalue weighted by Gasteiger charge is 2.05. The van der Waals surface area contributed by atoms with E-state index in [0.717, 1.165) is 12.1 Å². The van der Waals surface area contributed by atoms with E-state index in [9.17, 15) is 0 Å². The largest absolute Gasteiger partial charge is 0.493 e. The summed E-state index contributed by atoms with van der Waals surface area (Å²) in [5.41, 5.74) is 1.14. The molecule has 0 bridgehead atoms. The maximum absolute atomic E-state index is 5.63. The number of ether oxygens (including phenoxy) is 2. The number of halogens is 1. The first kappa shape index (κ1) is 12.9. The van der Waals surface area contributed by atoms with Crippen molar-refractivity contribution in [3.8, 4) is 11.5 Å². The van der Waals surface area contributed by atoms with Crippen LogP contribution in [-0.4, -0.2) is 20.8 Å². The van der Waals surface area contributed by atoms with Gasteiger partial charge in [0.25, 0.3) is 0 Å². The van der Waals surface area contributed by atoms with Crippen molar-refractivity contribution >= 4 is 11.6 Å². The minimum atomic E-state index is 0.281. The summed E-state index contributed by atoms with van der Waals surface area (Å²) in [5.74, 6) is 1.37. The van der Waals surface area contributed by atoms with Crippen molar-refractivity contribution in [1.29, 1.82) is 0 Å². The SMILES string of the molecule is C=C(Cl)COc1ccc(CNC)cc1OC. The van der Waals surface area contributed by atoms with E-state index in [1.807, 2.05) is 25.2 Å². The van der Waals surface area contributed by atoms with Crippen LogP contribution < -0.4 is 14.8 Å². The molecule has 1 aromatic carbocycles. The fourth-order valence-electron chi connectivity index (χ4n) is 1.30.